The monoisotopic (exact) mass is 447 g/mol. The second-order valence-electron chi connectivity index (χ2n) is 8.19. The number of carbonyl (C=O) groups excluding carboxylic acids is 1. The number of rotatable bonds is 5. The van der Waals surface area contributed by atoms with Crippen molar-refractivity contribution in [3.63, 3.8) is 0 Å². The van der Waals surface area contributed by atoms with Crippen molar-refractivity contribution < 1.29 is 4.79 Å². The Hall–Kier alpha value is -3.33. The van der Waals surface area contributed by atoms with Crippen molar-refractivity contribution in [1.82, 2.24) is 29.4 Å². The molecule has 32 heavy (non-hydrogen) atoms. The maximum absolute atomic E-state index is 13.1. The number of fused-ring (bicyclic) bond motifs is 1. The molecule has 1 N–H and O–H groups in total. The first-order chi connectivity index (χ1) is 15.5. The largest absolute Gasteiger partial charge is 0.340 e. The number of likely N-dealkylation sites (tertiary alicyclic amines) is 1. The van der Waals surface area contributed by atoms with Crippen LogP contribution in [0.1, 0.15) is 35.2 Å². The first kappa shape index (κ1) is 20.6. The molecule has 1 fully saturated rings. The lowest BCUT2D eigenvalue weighted by Crippen LogP contribution is -2.41. The van der Waals surface area contributed by atoms with Crippen LogP contribution in [0.5, 0.6) is 0 Å². The summed E-state index contributed by atoms with van der Waals surface area (Å²) in [4.78, 5) is 34.4. The van der Waals surface area contributed by atoms with E-state index >= 15 is 0 Å². The molecule has 164 valence electrons. The molecule has 8 nitrogen and oxygen atoms in total. The molecule has 4 aromatic rings. The third kappa shape index (κ3) is 4.34. The van der Waals surface area contributed by atoms with Crippen molar-refractivity contribution in [2.75, 3.05) is 18.4 Å². The van der Waals surface area contributed by atoms with Crippen LogP contribution in [0.15, 0.2) is 42.9 Å². The Morgan fingerprint density at radius 2 is 2.09 bits per heavy atom. The molecule has 0 radical (unpaired) electrons. The molecular weight excluding hydrogens is 422 g/mol. The van der Waals surface area contributed by atoms with Crippen LogP contribution in [0.25, 0.3) is 11.0 Å². The molecule has 0 aliphatic carbocycles. The van der Waals surface area contributed by atoms with Gasteiger partial charge in [0.15, 0.2) is 5.13 Å². The zero-order valence-electron chi connectivity index (χ0n) is 18.2. The number of hydrogen-bond donors (Lipinski definition) is 1. The number of thiazole rings is 1. The Morgan fingerprint density at radius 1 is 1.22 bits per heavy atom. The Balaban J connectivity index is 1.30. The standard InChI is InChI=1S/C23H25N7OS/c1-15-10-20(28-23-24-11-16(2)32-23)27-22(26-15)17-6-5-9-29(12-17)21(31)13-30-14-25-18-7-3-4-8-19(18)30/h3-4,7-8,10-11,14,17H,5-6,9,12-13H2,1-2H3,(H,24,26,27,28)/t17-/m0/s1. The Kier molecular flexibility index (Phi) is 5.57. The van der Waals surface area contributed by atoms with Gasteiger partial charge in [-0.1, -0.05) is 12.1 Å². The van der Waals surface area contributed by atoms with Gasteiger partial charge in [0.05, 0.1) is 17.4 Å². The number of amides is 1. The van der Waals surface area contributed by atoms with Gasteiger partial charge in [-0.05, 0) is 38.8 Å². The third-order valence-corrected chi connectivity index (χ3v) is 6.53. The van der Waals surface area contributed by atoms with Gasteiger partial charge in [-0.3, -0.25) is 4.79 Å². The summed E-state index contributed by atoms with van der Waals surface area (Å²) in [7, 11) is 0. The van der Waals surface area contributed by atoms with Crippen LogP contribution in [0.2, 0.25) is 0 Å². The highest BCUT2D eigenvalue weighted by molar-refractivity contribution is 7.15. The highest BCUT2D eigenvalue weighted by Crippen LogP contribution is 2.27. The number of anilines is 2. The fourth-order valence-electron chi connectivity index (χ4n) is 4.16. The van der Waals surface area contributed by atoms with Gasteiger partial charge in [0.1, 0.15) is 18.2 Å². The highest BCUT2D eigenvalue weighted by atomic mass is 32.1. The summed E-state index contributed by atoms with van der Waals surface area (Å²) in [6.07, 6.45) is 5.49. The van der Waals surface area contributed by atoms with E-state index in [0.717, 1.165) is 57.8 Å². The highest BCUT2D eigenvalue weighted by Gasteiger charge is 2.27. The molecule has 1 saturated heterocycles. The smallest absolute Gasteiger partial charge is 0.242 e. The lowest BCUT2D eigenvalue weighted by Gasteiger charge is -2.32. The van der Waals surface area contributed by atoms with Gasteiger partial charge in [0.25, 0.3) is 0 Å². The van der Waals surface area contributed by atoms with Crippen LogP contribution < -0.4 is 5.32 Å². The van der Waals surface area contributed by atoms with E-state index in [0.29, 0.717) is 6.54 Å². The SMILES string of the molecule is Cc1cc(Nc2ncc(C)s2)nc([C@H]2CCCN(C(=O)Cn3cnc4ccccc43)C2)n1. The second-order valence-corrected chi connectivity index (χ2v) is 9.43. The van der Waals surface area contributed by atoms with Gasteiger partial charge >= 0.3 is 0 Å². The Labute approximate surface area is 190 Å². The molecule has 0 bridgehead atoms. The number of hydrogen-bond acceptors (Lipinski definition) is 7. The summed E-state index contributed by atoms with van der Waals surface area (Å²) in [6, 6.07) is 9.80. The molecule has 0 spiro atoms. The van der Waals surface area contributed by atoms with Gasteiger partial charge in [-0.2, -0.15) is 0 Å². The minimum atomic E-state index is 0.0992. The van der Waals surface area contributed by atoms with Crippen molar-refractivity contribution in [2.45, 2.75) is 39.2 Å². The molecule has 0 saturated carbocycles. The molecule has 1 aliphatic heterocycles. The van der Waals surface area contributed by atoms with E-state index in [-0.39, 0.29) is 18.4 Å². The molecule has 1 atom stereocenters. The van der Waals surface area contributed by atoms with Gasteiger partial charge in [0, 0.05) is 41.8 Å². The lowest BCUT2D eigenvalue weighted by atomic mass is 9.97. The van der Waals surface area contributed by atoms with Crippen LogP contribution in [0.3, 0.4) is 0 Å². The van der Waals surface area contributed by atoms with Crippen molar-refractivity contribution in [3.8, 4) is 0 Å². The van der Waals surface area contributed by atoms with E-state index in [4.69, 9.17) is 9.97 Å². The first-order valence-corrected chi connectivity index (χ1v) is 11.6. The molecule has 1 aliphatic rings. The molecule has 9 heteroatoms. The maximum Gasteiger partial charge on any atom is 0.242 e. The average Bonchev–Trinajstić information content (AvgIpc) is 3.39. The van der Waals surface area contributed by atoms with E-state index in [2.05, 4.69) is 15.3 Å². The molecule has 1 aromatic carbocycles. The molecule has 5 rings (SSSR count). The lowest BCUT2D eigenvalue weighted by molar-refractivity contribution is -0.133. The molecule has 4 heterocycles. The minimum absolute atomic E-state index is 0.0992. The number of nitrogens with zero attached hydrogens (tertiary/aromatic N) is 6. The zero-order valence-corrected chi connectivity index (χ0v) is 19.0. The van der Waals surface area contributed by atoms with Gasteiger partial charge in [0.2, 0.25) is 5.91 Å². The van der Waals surface area contributed by atoms with Crippen LogP contribution in [-0.2, 0) is 11.3 Å². The summed E-state index contributed by atoms with van der Waals surface area (Å²) < 4.78 is 1.92. The Morgan fingerprint density at radius 3 is 2.94 bits per heavy atom. The summed E-state index contributed by atoms with van der Waals surface area (Å²) in [6.45, 7) is 5.68. The van der Waals surface area contributed by atoms with Gasteiger partial charge in [-0.25, -0.2) is 19.9 Å². The molecule has 3 aromatic heterocycles. The number of nitrogens with one attached hydrogen (secondary N) is 1. The number of benzene rings is 1. The summed E-state index contributed by atoms with van der Waals surface area (Å²) in [5.74, 6) is 1.74. The van der Waals surface area contributed by atoms with Crippen LogP contribution in [-0.4, -0.2) is 48.4 Å². The van der Waals surface area contributed by atoms with Gasteiger partial charge < -0.3 is 14.8 Å². The number of piperidine rings is 1. The van der Waals surface area contributed by atoms with E-state index < -0.39 is 0 Å². The molecular formula is C23H25N7OS. The number of imidazole rings is 1. The van der Waals surface area contributed by atoms with Crippen molar-refractivity contribution in [2.24, 2.45) is 0 Å². The predicted octanol–water partition coefficient (Wildman–Crippen LogP) is 4.05. The topological polar surface area (TPSA) is 88.8 Å². The first-order valence-electron chi connectivity index (χ1n) is 10.8. The molecule has 0 unspecified atom stereocenters. The van der Waals surface area contributed by atoms with Crippen LogP contribution in [0, 0.1) is 13.8 Å². The number of para-hydroxylation sites is 2. The summed E-state index contributed by atoms with van der Waals surface area (Å²) in [5, 5.41) is 4.11. The number of aryl methyl sites for hydroxylation is 2. The summed E-state index contributed by atoms with van der Waals surface area (Å²) >= 11 is 1.59. The quantitative estimate of drug-likeness (QED) is 0.497. The van der Waals surface area contributed by atoms with Gasteiger partial charge in [-0.15, -0.1) is 11.3 Å². The fraction of sp³-hybridized carbons (Fsp3) is 0.348. The normalized spacial score (nSPS) is 16.4. The third-order valence-electron chi connectivity index (χ3n) is 5.70. The second kappa shape index (κ2) is 8.66. The Bertz CT molecular complexity index is 1260. The van der Waals surface area contributed by atoms with E-state index in [1.165, 1.54) is 0 Å². The van der Waals surface area contributed by atoms with E-state index in [1.807, 2.05) is 59.8 Å². The van der Waals surface area contributed by atoms with E-state index in [9.17, 15) is 4.79 Å². The van der Waals surface area contributed by atoms with Crippen molar-refractivity contribution in [1.29, 1.82) is 0 Å². The van der Waals surface area contributed by atoms with Crippen LogP contribution >= 0.6 is 11.3 Å². The zero-order chi connectivity index (χ0) is 22.1. The minimum Gasteiger partial charge on any atom is -0.340 e. The van der Waals surface area contributed by atoms with Crippen molar-refractivity contribution >= 4 is 39.2 Å². The van der Waals surface area contributed by atoms with Crippen LogP contribution in [0.4, 0.5) is 10.9 Å². The van der Waals surface area contributed by atoms with E-state index in [1.54, 1.807) is 17.7 Å². The summed E-state index contributed by atoms with van der Waals surface area (Å²) in [5.41, 5.74) is 2.78. The maximum atomic E-state index is 13.1. The molecule has 1 amide bonds. The number of aromatic nitrogens is 5. The predicted molar refractivity (Wildman–Crippen MR) is 125 cm³/mol. The number of carbonyl (C=O) groups is 1. The fourth-order valence-corrected chi connectivity index (χ4v) is 4.83. The average molecular weight is 448 g/mol. The van der Waals surface area contributed by atoms with Crippen molar-refractivity contribution in [3.05, 3.63) is 59.3 Å².